The van der Waals surface area contributed by atoms with Gasteiger partial charge in [-0.3, -0.25) is 9.59 Å². The minimum absolute atomic E-state index is 0.195. The third-order valence-electron chi connectivity index (χ3n) is 6.44. The first-order chi connectivity index (χ1) is 16.3. The maximum absolute atomic E-state index is 13.5. The maximum Gasteiger partial charge on any atom is 0.264 e. The second kappa shape index (κ2) is 9.31. The molecule has 6 nitrogen and oxygen atoms in total. The number of benzene rings is 3. The standard InChI is InChI=1S/C28H29NO5/c1-18-15-20(3)21(16-19(18)2)24(30)17-28(32)22-9-5-6-10-23(22)29(27(28)31)13-14-34-26-12-8-7-11-25(26)33-4/h5-12,15-16,32H,13-14,17H2,1-4H3/t28-/m0/s1. The van der Waals surface area contributed by atoms with Gasteiger partial charge in [0.1, 0.15) is 6.61 Å². The Morgan fingerprint density at radius 1 is 0.941 bits per heavy atom. The molecule has 0 saturated carbocycles. The molecule has 0 aliphatic carbocycles. The van der Waals surface area contributed by atoms with Crippen LogP contribution in [0.15, 0.2) is 60.7 Å². The molecule has 34 heavy (non-hydrogen) atoms. The van der Waals surface area contributed by atoms with Crippen LogP contribution in [0.5, 0.6) is 11.5 Å². The number of Topliss-reactive ketones (excluding diaryl/α,β-unsaturated/α-hetero) is 1. The SMILES string of the molecule is COc1ccccc1OCCN1C(=O)[C@](O)(CC(=O)c2cc(C)c(C)cc2C)c2ccccc21. The van der Waals surface area contributed by atoms with Crippen LogP contribution in [0, 0.1) is 20.8 Å². The number of fused-ring (bicyclic) bond motifs is 1. The van der Waals surface area contributed by atoms with E-state index in [4.69, 9.17) is 9.47 Å². The molecule has 176 valence electrons. The Morgan fingerprint density at radius 3 is 2.32 bits per heavy atom. The van der Waals surface area contributed by atoms with Crippen molar-refractivity contribution in [2.24, 2.45) is 0 Å². The number of anilines is 1. The number of para-hydroxylation sites is 3. The highest BCUT2D eigenvalue weighted by molar-refractivity contribution is 6.11. The van der Waals surface area contributed by atoms with Crippen LogP contribution < -0.4 is 14.4 Å². The topological polar surface area (TPSA) is 76.1 Å². The Morgan fingerprint density at radius 2 is 1.59 bits per heavy atom. The molecule has 0 aromatic heterocycles. The van der Waals surface area contributed by atoms with E-state index in [1.165, 1.54) is 4.90 Å². The predicted molar refractivity (Wildman–Crippen MR) is 131 cm³/mol. The minimum Gasteiger partial charge on any atom is -0.493 e. The van der Waals surface area contributed by atoms with Gasteiger partial charge in [0.05, 0.1) is 25.8 Å². The summed E-state index contributed by atoms with van der Waals surface area (Å²) in [4.78, 5) is 28.2. The largest absolute Gasteiger partial charge is 0.493 e. The van der Waals surface area contributed by atoms with E-state index in [0.29, 0.717) is 28.3 Å². The lowest BCUT2D eigenvalue weighted by Crippen LogP contribution is -2.43. The summed E-state index contributed by atoms with van der Waals surface area (Å²) < 4.78 is 11.2. The lowest BCUT2D eigenvalue weighted by atomic mass is 9.86. The number of ketones is 1. The van der Waals surface area contributed by atoms with Gasteiger partial charge in [-0.1, -0.05) is 36.4 Å². The Labute approximate surface area is 199 Å². The van der Waals surface area contributed by atoms with Gasteiger partial charge in [-0.2, -0.15) is 0 Å². The number of aryl methyl sites for hydroxylation is 3. The molecule has 0 saturated heterocycles. The third kappa shape index (κ3) is 4.17. The average Bonchev–Trinajstić information content (AvgIpc) is 3.03. The first-order valence-electron chi connectivity index (χ1n) is 11.3. The van der Waals surface area contributed by atoms with E-state index in [0.717, 1.165) is 16.7 Å². The van der Waals surface area contributed by atoms with E-state index >= 15 is 0 Å². The highest BCUT2D eigenvalue weighted by Crippen LogP contribution is 2.43. The molecule has 0 radical (unpaired) electrons. The fourth-order valence-electron chi connectivity index (χ4n) is 4.47. The number of hydrogen-bond acceptors (Lipinski definition) is 5. The third-order valence-corrected chi connectivity index (χ3v) is 6.44. The van der Waals surface area contributed by atoms with Crippen LogP contribution >= 0.6 is 0 Å². The summed E-state index contributed by atoms with van der Waals surface area (Å²) in [5.41, 5.74) is 2.54. The second-order valence-electron chi connectivity index (χ2n) is 8.68. The molecule has 0 fully saturated rings. The lowest BCUT2D eigenvalue weighted by molar-refractivity contribution is -0.135. The summed E-state index contributed by atoms with van der Waals surface area (Å²) in [6.45, 7) is 6.22. The Kier molecular flexibility index (Phi) is 6.44. The van der Waals surface area contributed by atoms with Gasteiger partial charge >= 0.3 is 0 Å². The van der Waals surface area contributed by atoms with Gasteiger partial charge in [0, 0.05) is 11.1 Å². The predicted octanol–water partition coefficient (Wildman–Crippen LogP) is 4.51. The van der Waals surface area contributed by atoms with Gasteiger partial charge in [-0.25, -0.2) is 0 Å². The van der Waals surface area contributed by atoms with Gasteiger partial charge in [0.25, 0.3) is 5.91 Å². The van der Waals surface area contributed by atoms with Crippen LogP contribution in [0.1, 0.15) is 39.0 Å². The van der Waals surface area contributed by atoms with Crippen molar-refractivity contribution in [3.63, 3.8) is 0 Å². The van der Waals surface area contributed by atoms with Gasteiger partial charge in [-0.15, -0.1) is 0 Å². The van der Waals surface area contributed by atoms with Gasteiger partial charge in [0.2, 0.25) is 0 Å². The van der Waals surface area contributed by atoms with Gasteiger partial charge in [-0.05, 0) is 61.7 Å². The zero-order valence-corrected chi connectivity index (χ0v) is 19.9. The molecule has 1 atom stereocenters. The second-order valence-corrected chi connectivity index (χ2v) is 8.68. The van der Waals surface area contributed by atoms with Gasteiger partial charge in [0.15, 0.2) is 22.9 Å². The molecular weight excluding hydrogens is 430 g/mol. The van der Waals surface area contributed by atoms with E-state index < -0.39 is 11.5 Å². The average molecular weight is 460 g/mol. The smallest absolute Gasteiger partial charge is 0.264 e. The molecule has 4 rings (SSSR count). The molecule has 1 aliphatic heterocycles. The van der Waals surface area contributed by atoms with Crippen molar-refractivity contribution in [1.82, 2.24) is 0 Å². The van der Waals surface area contributed by atoms with Crippen LogP contribution in [0.4, 0.5) is 5.69 Å². The zero-order valence-electron chi connectivity index (χ0n) is 19.9. The fraction of sp³-hybridized carbons (Fsp3) is 0.286. The Bertz CT molecular complexity index is 1250. The fourth-order valence-corrected chi connectivity index (χ4v) is 4.47. The first-order valence-corrected chi connectivity index (χ1v) is 11.3. The number of ether oxygens (including phenoxy) is 2. The van der Waals surface area contributed by atoms with E-state index in [2.05, 4.69) is 0 Å². The number of carbonyl (C=O) groups excluding carboxylic acids is 2. The summed E-state index contributed by atoms with van der Waals surface area (Å²) in [6, 6.07) is 18.1. The van der Waals surface area contributed by atoms with Crippen molar-refractivity contribution in [3.05, 3.63) is 88.5 Å². The first kappa shape index (κ1) is 23.5. The van der Waals surface area contributed by atoms with Crippen molar-refractivity contribution in [2.75, 3.05) is 25.2 Å². The number of methoxy groups -OCH3 is 1. The molecule has 0 spiro atoms. The highest BCUT2D eigenvalue weighted by Gasteiger charge is 2.50. The molecule has 3 aromatic rings. The molecule has 0 bridgehead atoms. The molecular formula is C28H29NO5. The van der Waals surface area contributed by atoms with Crippen molar-refractivity contribution < 1.29 is 24.2 Å². The molecule has 6 heteroatoms. The molecule has 1 N–H and O–H groups in total. The summed E-state index contributed by atoms with van der Waals surface area (Å²) in [5, 5.41) is 11.6. The van der Waals surface area contributed by atoms with Crippen molar-refractivity contribution in [2.45, 2.75) is 32.8 Å². The quantitative estimate of drug-likeness (QED) is 0.502. The van der Waals surface area contributed by atoms with Gasteiger partial charge < -0.3 is 19.5 Å². The molecule has 1 aliphatic rings. The summed E-state index contributed by atoms with van der Waals surface area (Å²) in [6.07, 6.45) is -0.323. The molecule has 3 aromatic carbocycles. The molecule has 1 amide bonds. The monoisotopic (exact) mass is 459 g/mol. The van der Waals surface area contributed by atoms with Crippen LogP contribution in [0.2, 0.25) is 0 Å². The zero-order chi connectivity index (χ0) is 24.5. The Hall–Kier alpha value is -3.64. The van der Waals surface area contributed by atoms with E-state index in [-0.39, 0.29) is 25.4 Å². The summed E-state index contributed by atoms with van der Waals surface area (Å²) >= 11 is 0. The number of aliphatic hydroxyl groups is 1. The number of nitrogens with zero attached hydrogens (tertiary/aromatic N) is 1. The normalized spacial score (nSPS) is 17.0. The van der Waals surface area contributed by atoms with Crippen LogP contribution in [-0.2, 0) is 10.4 Å². The van der Waals surface area contributed by atoms with Crippen LogP contribution in [0.25, 0.3) is 0 Å². The summed E-state index contributed by atoms with van der Waals surface area (Å²) in [5.74, 6) is 0.382. The van der Waals surface area contributed by atoms with E-state index in [9.17, 15) is 14.7 Å². The molecule has 0 unspecified atom stereocenters. The van der Waals surface area contributed by atoms with Crippen LogP contribution in [-0.4, -0.2) is 37.1 Å². The maximum atomic E-state index is 13.5. The van der Waals surface area contributed by atoms with E-state index in [1.807, 2.05) is 45.0 Å². The number of amides is 1. The van der Waals surface area contributed by atoms with Crippen LogP contribution in [0.3, 0.4) is 0 Å². The van der Waals surface area contributed by atoms with Crippen molar-refractivity contribution in [1.29, 1.82) is 0 Å². The highest BCUT2D eigenvalue weighted by atomic mass is 16.5. The summed E-state index contributed by atoms with van der Waals surface area (Å²) in [7, 11) is 1.57. The van der Waals surface area contributed by atoms with Crippen molar-refractivity contribution >= 4 is 17.4 Å². The number of hydrogen-bond donors (Lipinski definition) is 1. The van der Waals surface area contributed by atoms with Crippen molar-refractivity contribution in [3.8, 4) is 11.5 Å². The van der Waals surface area contributed by atoms with E-state index in [1.54, 1.807) is 43.5 Å². The minimum atomic E-state index is -1.93. The number of carbonyl (C=O) groups is 2. The molecule has 1 heterocycles. The number of rotatable bonds is 8. The Balaban J connectivity index is 1.57. The lowest BCUT2D eigenvalue weighted by Gasteiger charge is -2.23.